The van der Waals surface area contributed by atoms with Gasteiger partial charge in [-0.2, -0.15) is 5.10 Å². The van der Waals surface area contributed by atoms with Gasteiger partial charge in [0.2, 0.25) is 11.9 Å². The van der Waals surface area contributed by atoms with Gasteiger partial charge in [0.1, 0.15) is 0 Å². The minimum Gasteiger partial charge on any atom is -0.391 e. The Morgan fingerprint density at radius 3 is 2.18 bits per heavy atom. The molecule has 38 heavy (non-hydrogen) atoms. The zero-order chi connectivity index (χ0) is 27.4. The summed E-state index contributed by atoms with van der Waals surface area (Å²) >= 11 is 12.0. The van der Waals surface area contributed by atoms with Crippen molar-refractivity contribution in [3.8, 4) is 0 Å². The number of nitrogens with zero attached hydrogens (tertiary/aromatic N) is 3. The van der Waals surface area contributed by atoms with Gasteiger partial charge in [-0.15, -0.1) is 0 Å². The minimum absolute atomic E-state index is 0.0806. The van der Waals surface area contributed by atoms with Crippen LogP contribution in [0.25, 0.3) is 0 Å². The Bertz CT molecular complexity index is 1460. The molecule has 4 N–H and O–H groups in total. The Labute approximate surface area is 230 Å². The number of aliphatic hydroxyl groups is 1. The number of nitrogens with two attached hydrogens (primary N) is 1. The van der Waals surface area contributed by atoms with Crippen molar-refractivity contribution in [3.63, 3.8) is 0 Å². The van der Waals surface area contributed by atoms with E-state index in [4.69, 9.17) is 34.0 Å². The van der Waals surface area contributed by atoms with Gasteiger partial charge in [-0.3, -0.25) is 4.79 Å². The van der Waals surface area contributed by atoms with Crippen molar-refractivity contribution in [2.45, 2.75) is 29.9 Å². The molecule has 0 radical (unpaired) electrons. The Kier molecular flexibility index (Phi) is 8.37. The van der Waals surface area contributed by atoms with Crippen LogP contribution in [-0.4, -0.2) is 54.8 Å². The lowest BCUT2D eigenvalue weighted by Gasteiger charge is -2.22. The Morgan fingerprint density at radius 2 is 1.63 bits per heavy atom. The standard InChI is InChI=1S/C26H25Cl2N5O4S/c1-16(34)23(25(29)35)30-26(32-38(36,37)21-13-11-20(28)12-14-21)33-15-22(17-5-3-2-4-6-17)24(31-33)18-7-9-19(27)10-8-18/h2-14,16,22-23,34H,15H2,1H3,(H2,29,35)(H,30,32)/t16-,22-,23?/m1/s1. The van der Waals surface area contributed by atoms with Gasteiger partial charge in [0, 0.05) is 16.0 Å². The number of carbonyl (C=O) groups is 1. The van der Waals surface area contributed by atoms with Crippen LogP contribution in [0.4, 0.5) is 0 Å². The second kappa shape index (κ2) is 11.5. The lowest BCUT2D eigenvalue weighted by Crippen LogP contribution is -2.45. The molecular weight excluding hydrogens is 549 g/mol. The van der Waals surface area contributed by atoms with Crippen molar-refractivity contribution >= 4 is 50.8 Å². The molecule has 0 fully saturated rings. The Balaban J connectivity index is 1.81. The predicted octanol–water partition coefficient (Wildman–Crippen LogP) is 3.37. The van der Waals surface area contributed by atoms with E-state index in [-0.39, 0.29) is 23.3 Å². The number of hydrogen-bond acceptors (Lipinski definition) is 6. The molecule has 4 rings (SSSR count). The molecule has 3 aromatic rings. The van der Waals surface area contributed by atoms with Crippen molar-refractivity contribution in [1.29, 1.82) is 0 Å². The average Bonchev–Trinajstić information content (AvgIpc) is 3.33. The molecule has 0 aromatic heterocycles. The van der Waals surface area contributed by atoms with E-state index in [0.29, 0.717) is 15.8 Å². The Morgan fingerprint density at radius 1 is 1.05 bits per heavy atom. The largest absolute Gasteiger partial charge is 0.391 e. The molecule has 1 unspecified atom stereocenters. The first kappa shape index (κ1) is 27.6. The van der Waals surface area contributed by atoms with Crippen LogP contribution in [0.3, 0.4) is 0 Å². The maximum Gasteiger partial charge on any atom is 0.264 e. The van der Waals surface area contributed by atoms with Crippen molar-refractivity contribution in [1.82, 2.24) is 9.73 Å². The summed E-state index contributed by atoms with van der Waals surface area (Å²) in [5.41, 5.74) is 7.81. The zero-order valence-corrected chi connectivity index (χ0v) is 22.5. The van der Waals surface area contributed by atoms with Crippen LogP contribution in [0.1, 0.15) is 24.0 Å². The van der Waals surface area contributed by atoms with E-state index in [9.17, 15) is 18.3 Å². The fourth-order valence-corrected chi connectivity index (χ4v) is 5.20. The second-order valence-corrected chi connectivity index (χ2v) is 11.2. The van der Waals surface area contributed by atoms with E-state index >= 15 is 0 Å². The number of sulfonamides is 1. The van der Waals surface area contributed by atoms with Crippen molar-refractivity contribution in [3.05, 3.63) is 100 Å². The van der Waals surface area contributed by atoms with Crippen molar-refractivity contribution in [2.24, 2.45) is 15.8 Å². The van der Waals surface area contributed by atoms with Gasteiger partial charge in [-0.1, -0.05) is 65.7 Å². The van der Waals surface area contributed by atoms with Gasteiger partial charge in [0.05, 0.1) is 23.3 Å². The molecule has 9 nitrogen and oxygen atoms in total. The molecule has 0 saturated heterocycles. The number of hydrogen-bond donors (Lipinski definition) is 3. The zero-order valence-electron chi connectivity index (χ0n) is 20.2. The topological polar surface area (TPSA) is 137 Å². The lowest BCUT2D eigenvalue weighted by molar-refractivity contribution is -0.121. The first-order valence-corrected chi connectivity index (χ1v) is 13.8. The summed E-state index contributed by atoms with van der Waals surface area (Å²) in [5.74, 6) is -1.47. The SMILES string of the molecule is C[C@@H](O)C(N=C(NS(=O)(=O)c1ccc(Cl)cc1)N1C[C@H](c2ccccc2)C(c2ccc(Cl)cc2)=N1)C(N)=O. The minimum atomic E-state index is -4.18. The molecule has 0 saturated carbocycles. The highest BCUT2D eigenvalue weighted by molar-refractivity contribution is 7.90. The van der Waals surface area contributed by atoms with E-state index in [0.717, 1.165) is 11.1 Å². The number of amides is 1. The van der Waals surface area contributed by atoms with E-state index < -0.39 is 28.1 Å². The van der Waals surface area contributed by atoms with Crippen molar-refractivity contribution < 1.29 is 18.3 Å². The number of carbonyl (C=O) groups excluding carboxylic acids is 1. The molecule has 198 valence electrons. The third kappa shape index (κ3) is 6.33. The number of nitrogens with one attached hydrogen (secondary N) is 1. The van der Waals surface area contributed by atoms with Crippen LogP contribution in [0.5, 0.6) is 0 Å². The van der Waals surface area contributed by atoms with Crippen LogP contribution >= 0.6 is 23.2 Å². The van der Waals surface area contributed by atoms with Crippen molar-refractivity contribution in [2.75, 3.05) is 6.54 Å². The molecule has 0 spiro atoms. The quantitative estimate of drug-likeness (QED) is 0.294. The summed E-state index contributed by atoms with van der Waals surface area (Å²) in [6.07, 6.45) is -1.28. The summed E-state index contributed by atoms with van der Waals surface area (Å²) in [5, 5.41) is 17.1. The highest BCUT2D eigenvalue weighted by Gasteiger charge is 2.34. The van der Waals surface area contributed by atoms with E-state index in [1.807, 2.05) is 42.5 Å². The molecular formula is C26H25Cl2N5O4S. The number of halogens is 2. The molecule has 0 bridgehead atoms. The number of aliphatic hydroxyl groups excluding tert-OH is 1. The number of rotatable bonds is 7. The third-order valence-electron chi connectivity index (χ3n) is 5.86. The number of guanidine groups is 1. The fourth-order valence-electron chi connectivity index (χ4n) is 3.94. The van der Waals surface area contributed by atoms with Gasteiger partial charge in [-0.25, -0.2) is 23.1 Å². The second-order valence-electron chi connectivity index (χ2n) is 8.64. The summed E-state index contributed by atoms with van der Waals surface area (Å²) < 4.78 is 29.0. The third-order valence-corrected chi connectivity index (χ3v) is 7.71. The molecule has 1 heterocycles. The van der Waals surface area contributed by atoms with Gasteiger partial charge >= 0.3 is 0 Å². The average molecular weight is 574 g/mol. The number of benzene rings is 3. The van der Waals surface area contributed by atoms with Gasteiger partial charge in [0.15, 0.2) is 6.04 Å². The first-order valence-electron chi connectivity index (χ1n) is 11.6. The maximum atomic E-state index is 13.3. The molecule has 1 aliphatic rings. The van der Waals surface area contributed by atoms with Crippen LogP contribution in [0.15, 0.2) is 93.9 Å². The Hall–Kier alpha value is -3.44. The number of hydrazone groups is 1. The molecule has 1 amide bonds. The van der Waals surface area contributed by atoms with Crippen LogP contribution < -0.4 is 10.5 Å². The van der Waals surface area contributed by atoms with Crippen LogP contribution in [0, 0.1) is 0 Å². The highest BCUT2D eigenvalue weighted by Crippen LogP contribution is 2.30. The number of primary amides is 1. The molecule has 12 heteroatoms. The van der Waals surface area contributed by atoms with E-state index in [1.165, 1.54) is 36.2 Å². The smallest absolute Gasteiger partial charge is 0.264 e. The molecule has 3 atom stereocenters. The fraction of sp³-hybridized carbons (Fsp3) is 0.192. The normalized spacial score (nSPS) is 17.6. The first-order chi connectivity index (χ1) is 18.0. The molecule has 1 aliphatic heterocycles. The maximum absolute atomic E-state index is 13.3. The molecule has 3 aromatic carbocycles. The van der Waals surface area contributed by atoms with Crippen LogP contribution in [-0.2, 0) is 14.8 Å². The van der Waals surface area contributed by atoms with Gasteiger partial charge in [-0.05, 0) is 54.4 Å². The highest BCUT2D eigenvalue weighted by atomic mass is 35.5. The van der Waals surface area contributed by atoms with Crippen LogP contribution in [0.2, 0.25) is 10.0 Å². The summed E-state index contributed by atoms with van der Waals surface area (Å²) in [7, 11) is -4.18. The van der Waals surface area contributed by atoms with Gasteiger partial charge in [0.25, 0.3) is 10.0 Å². The number of aliphatic imine (C=N–C) groups is 1. The summed E-state index contributed by atoms with van der Waals surface area (Å²) in [4.78, 5) is 16.2. The summed E-state index contributed by atoms with van der Waals surface area (Å²) in [6.45, 7) is 1.53. The predicted molar refractivity (Wildman–Crippen MR) is 148 cm³/mol. The van der Waals surface area contributed by atoms with Gasteiger partial charge < -0.3 is 10.8 Å². The lowest BCUT2D eigenvalue weighted by atomic mass is 9.91. The monoisotopic (exact) mass is 573 g/mol. The molecule has 0 aliphatic carbocycles. The summed E-state index contributed by atoms with van der Waals surface area (Å²) in [6, 6.07) is 20.8. The van der Waals surface area contributed by atoms with E-state index in [2.05, 4.69) is 9.71 Å². The van der Waals surface area contributed by atoms with E-state index in [1.54, 1.807) is 12.1 Å².